The number of para-hydroxylation sites is 1. The summed E-state index contributed by atoms with van der Waals surface area (Å²) in [7, 11) is 1.67. The summed E-state index contributed by atoms with van der Waals surface area (Å²) in [5.41, 5.74) is 4.56. The molecule has 6 bridgehead atoms. The first kappa shape index (κ1) is 21.0. The molecule has 1 N–H and O–H groups in total. The van der Waals surface area contributed by atoms with Crippen molar-refractivity contribution >= 4 is 0 Å². The summed E-state index contributed by atoms with van der Waals surface area (Å²) in [5.74, 6) is 3.59. The molecule has 0 radical (unpaired) electrons. The van der Waals surface area contributed by atoms with Crippen LogP contribution in [0.25, 0.3) is 0 Å². The number of benzene rings is 4. The third-order valence-electron chi connectivity index (χ3n) is 5.96. The van der Waals surface area contributed by atoms with Crippen molar-refractivity contribution in [3.8, 4) is 34.5 Å². The molecule has 4 aromatic rings. The van der Waals surface area contributed by atoms with Crippen LogP contribution in [0.2, 0.25) is 0 Å². The first-order valence-electron chi connectivity index (χ1n) is 11.2. The lowest BCUT2D eigenvalue weighted by atomic mass is 10.0. The highest BCUT2D eigenvalue weighted by atomic mass is 16.5. The lowest BCUT2D eigenvalue weighted by Gasteiger charge is -2.16. The molecule has 4 nitrogen and oxygen atoms in total. The first-order valence-corrected chi connectivity index (χ1v) is 11.2. The van der Waals surface area contributed by atoms with E-state index in [4.69, 9.17) is 14.2 Å². The number of hydrogen-bond donors (Lipinski definition) is 1. The standard InChI is InChI=1S/C29H26O4/c1-31-27-7-3-5-23-14-10-20-11-15-24(16-12-20)32-28-19-22(13-17-26(28)30)9-8-21-4-2-6-25(18-21)33-29(23)27/h2-7,11-13,15-19,30H,8-10,14H2,1H3. The molecule has 0 aromatic heterocycles. The third-order valence-corrected chi connectivity index (χ3v) is 5.96. The van der Waals surface area contributed by atoms with Crippen LogP contribution in [0.3, 0.4) is 0 Å². The van der Waals surface area contributed by atoms with Crippen LogP contribution in [0.5, 0.6) is 34.5 Å². The van der Waals surface area contributed by atoms with Gasteiger partial charge in [0, 0.05) is 0 Å². The Balaban J connectivity index is 1.54. The quantitative estimate of drug-likeness (QED) is 0.352. The molecule has 0 unspecified atom stereocenters. The molecule has 4 heteroatoms. The summed E-state index contributed by atoms with van der Waals surface area (Å²) >= 11 is 0. The number of phenols is 1. The van der Waals surface area contributed by atoms with E-state index in [2.05, 4.69) is 30.3 Å². The van der Waals surface area contributed by atoms with Crippen LogP contribution in [-0.4, -0.2) is 12.2 Å². The number of aryl methyl sites for hydroxylation is 4. The molecule has 0 fully saturated rings. The van der Waals surface area contributed by atoms with E-state index in [1.807, 2.05) is 48.5 Å². The summed E-state index contributed by atoms with van der Waals surface area (Å²) in [5, 5.41) is 10.3. The van der Waals surface area contributed by atoms with Gasteiger partial charge in [0.2, 0.25) is 0 Å². The fraction of sp³-hybridized carbons (Fsp3) is 0.172. The second-order valence-electron chi connectivity index (χ2n) is 8.25. The Morgan fingerprint density at radius 3 is 2.21 bits per heavy atom. The molecule has 33 heavy (non-hydrogen) atoms. The van der Waals surface area contributed by atoms with Crippen LogP contribution in [0.1, 0.15) is 22.3 Å². The molecule has 166 valence electrons. The number of phenolic OH excluding ortho intramolecular Hbond substituents is 1. The Morgan fingerprint density at radius 2 is 1.39 bits per heavy atom. The molecule has 4 aromatic carbocycles. The van der Waals surface area contributed by atoms with Crippen molar-refractivity contribution in [1.82, 2.24) is 0 Å². The highest BCUT2D eigenvalue weighted by Gasteiger charge is 2.13. The zero-order valence-corrected chi connectivity index (χ0v) is 18.6. The van der Waals surface area contributed by atoms with Crippen molar-refractivity contribution in [2.24, 2.45) is 0 Å². The normalized spacial score (nSPS) is 13.1. The van der Waals surface area contributed by atoms with Crippen LogP contribution in [0.4, 0.5) is 0 Å². The summed E-state index contributed by atoms with van der Waals surface area (Å²) in [4.78, 5) is 0. The number of rotatable bonds is 1. The molecule has 0 spiro atoms. The maximum Gasteiger partial charge on any atom is 0.172 e. The topological polar surface area (TPSA) is 47.9 Å². The molecule has 2 aliphatic heterocycles. The van der Waals surface area contributed by atoms with Gasteiger partial charge in [-0.15, -0.1) is 0 Å². The average Bonchev–Trinajstić information content (AvgIpc) is 2.84. The van der Waals surface area contributed by atoms with Crippen molar-refractivity contribution in [2.45, 2.75) is 25.7 Å². The molecular formula is C29H26O4. The van der Waals surface area contributed by atoms with Crippen molar-refractivity contribution in [3.05, 3.63) is 107 Å². The zero-order chi connectivity index (χ0) is 22.6. The minimum Gasteiger partial charge on any atom is -0.504 e. The number of methoxy groups -OCH3 is 1. The Bertz CT molecular complexity index is 1260. The van der Waals surface area contributed by atoms with E-state index in [0.717, 1.165) is 54.1 Å². The van der Waals surface area contributed by atoms with E-state index in [9.17, 15) is 5.11 Å². The van der Waals surface area contributed by atoms with E-state index in [-0.39, 0.29) is 5.75 Å². The van der Waals surface area contributed by atoms with Gasteiger partial charge in [-0.25, -0.2) is 0 Å². The largest absolute Gasteiger partial charge is 0.504 e. The van der Waals surface area contributed by atoms with Crippen LogP contribution >= 0.6 is 0 Å². The zero-order valence-electron chi connectivity index (χ0n) is 18.6. The highest BCUT2D eigenvalue weighted by molar-refractivity contribution is 5.50. The van der Waals surface area contributed by atoms with Crippen LogP contribution in [-0.2, 0) is 25.7 Å². The Hall–Kier alpha value is -3.92. The number of hydrogen-bond acceptors (Lipinski definition) is 4. The summed E-state index contributed by atoms with van der Waals surface area (Å²) < 4.78 is 18.0. The van der Waals surface area contributed by atoms with E-state index in [1.54, 1.807) is 13.2 Å². The fourth-order valence-corrected chi connectivity index (χ4v) is 4.13. The van der Waals surface area contributed by atoms with Crippen LogP contribution in [0.15, 0.2) is 84.9 Å². The van der Waals surface area contributed by atoms with Gasteiger partial charge in [-0.2, -0.15) is 0 Å². The van der Waals surface area contributed by atoms with Crippen molar-refractivity contribution in [1.29, 1.82) is 0 Å². The molecule has 2 aliphatic rings. The molecule has 0 saturated carbocycles. The monoisotopic (exact) mass is 438 g/mol. The molecule has 0 saturated heterocycles. The lowest BCUT2D eigenvalue weighted by Crippen LogP contribution is -1.99. The smallest absolute Gasteiger partial charge is 0.172 e. The van der Waals surface area contributed by atoms with Gasteiger partial charge in [-0.3, -0.25) is 0 Å². The number of fused-ring (bicyclic) bond motifs is 4. The van der Waals surface area contributed by atoms with E-state index in [0.29, 0.717) is 11.5 Å². The summed E-state index contributed by atoms with van der Waals surface area (Å²) in [6.45, 7) is 0. The summed E-state index contributed by atoms with van der Waals surface area (Å²) in [6, 6.07) is 27.7. The van der Waals surface area contributed by atoms with Gasteiger partial charge >= 0.3 is 0 Å². The molecular weight excluding hydrogens is 412 g/mol. The minimum atomic E-state index is 0.137. The Kier molecular flexibility index (Phi) is 5.90. The van der Waals surface area contributed by atoms with Crippen molar-refractivity contribution in [3.63, 3.8) is 0 Å². The maximum absolute atomic E-state index is 10.3. The molecule has 2 heterocycles. The van der Waals surface area contributed by atoms with Gasteiger partial charge in [0.15, 0.2) is 23.0 Å². The predicted molar refractivity (Wildman–Crippen MR) is 129 cm³/mol. The van der Waals surface area contributed by atoms with Crippen LogP contribution < -0.4 is 14.2 Å². The van der Waals surface area contributed by atoms with Gasteiger partial charge in [0.05, 0.1) is 7.11 Å². The van der Waals surface area contributed by atoms with E-state index in [1.165, 1.54) is 11.1 Å². The van der Waals surface area contributed by atoms with Gasteiger partial charge in [0.1, 0.15) is 11.5 Å². The Labute approximate surface area is 194 Å². The second-order valence-corrected chi connectivity index (χ2v) is 8.25. The van der Waals surface area contributed by atoms with Crippen molar-refractivity contribution < 1.29 is 19.3 Å². The van der Waals surface area contributed by atoms with Gasteiger partial charge < -0.3 is 19.3 Å². The van der Waals surface area contributed by atoms with E-state index < -0.39 is 0 Å². The molecule has 0 amide bonds. The third kappa shape index (κ3) is 4.80. The van der Waals surface area contributed by atoms with Crippen LogP contribution in [0, 0.1) is 0 Å². The SMILES string of the molecule is COc1cccc2c1Oc1cccc(c1)CCc1ccc(O)c(c1)Oc1ccc(cc1)CC2. The lowest BCUT2D eigenvalue weighted by molar-refractivity contribution is 0.376. The van der Waals surface area contributed by atoms with Gasteiger partial charge in [0.25, 0.3) is 0 Å². The molecule has 0 aliphatic carbocycles. The maximum atomic E-state index is 10.3. The fourth-order valence-electron chi connectivity index (χ4n) is 4.13. The second kappa shape index (κ2) is 9.29. The highest BCUT2D eigenvalue weighted by Crippen LogP contribution is 2.37. The summed E-state index contributed by atoms with van der Waals surface area (Å²) in [6.07, 6.45) is 3.33. The average molecular weight is 439 g/mol. The molecule has 6 rings (SSSR count). The number of ether oxygens (including phenoxy) is 3. The first-order chi connectivity index (χ1) is 16.2. The Morgan fingerprint density at radius 1 is 0.667 bits per heavy atom. The molecule has 0 atom stereocenters. The van der Waals surface area contributed by atoms with Gasteiger partial charge in [-0.05, 0) is 90.4 Å². The number of aromatic hydroxyl groups is 1. The predicted octanol–water partition coefficient (Wildman–Crippen LogP) is 6.87. The van der Waals surface area contributed by atoms with E-state index >= 15 is 0 Å². The van der Waals surface area contributed by atoms with Crippen molar-refractivity contribution in [2.75, 3.05) is 7.11 Å². The minimum absolute atomic E-state index is 0.137. The van der Waals surface area contributed by atoms with Gasteiger partial charge in [-0.1, -0.05) is 42.5 Å².